The van der Waals surface area contributed by atoms with Crippen molar-refractivity contribution in [3.8, 4) is 17.0 Å². The number of anilines is 3. The van der Waals surface area contributed by atoms with E-state index in [0.717, 1.165) is 5.56 Å². The monoisotopic (exact) mass is 361 g/mol. The molecule has 2 N–H and O–H groups in total. The molecule has 0 saturated carbocycles. The molecule has 0 unspecified atom stereocenters. The number of alkyl halides is 3. The number of rotatable bonds is 5. The lowest BCUT2D eigenvalue weighted by molar-refractivity contribution is -0.274. The molecule has 3 aromatic rings. The minimum Gasteiger partial charge on any atom is -0.404 e. The average molecular weight is 361 g/mol. The molecule has 0 spiro atoms. The van der Waals surface area contributed by atoms with Crippen LogP contribution in [0.25, 0.3) is 11.3 Å². The van der Waals surface area contributed by atoms with Crippen molar-refractivity contribution >= 4 is 17.5 Å². The lowest BCUT2D eigenvalue weighted by Crippen LogP contribution is -2.18. The van der Waals surface area contributed by atoms with Gasteiger partial charge in [-0.2, -0.15) is 4.98 Å². The standard InChI is InChI=1S/C17H14F3N5O/c1-21-16-24-13(11-6-8-22-9-7-11)10-15(25-16)23-12-4-2-3-5-14(12)26-17(18,19)20/h2-10H,1H3,(H2,21,23,24,25). The molecule has 0 saturated heterocycles. The third kappa shape index (κ3) is 4.38. The molecule has 0 aliphatic carbocycles. The Bertz CT molecular complexity index is 887. The molecule has 0 aliphatic heterocycles. The van der Waals surface area contributed by atoms with Gasteiger partial charge in [0.1, 0.15) is 5.82 Å². The van der Waals surface area contributed by atoms with Gasteiger partial charge < -0.3 is 15.4 Å². The van der Waals surface area contributed by atoms with E-state index in [0.29, 0.717) is 17.5 Å². The van der Waals surface area contributed by atoms with Gasteiger partial charge in [0.15, 0.2) is 5.75 Å². The van der Waals surface area contributed by atoms with E-state index < -0.39 is 6.36 Å². The van der Waals surface area contributed by atoms with Gasteiger partial charge in [0.2, 0.25) is 5.95 Å². The molecule has 3 rings (SSSR count). The lowest BCUT2D eigenvalue weighted by Gasteiger charge is -2.15. The summed E-state index contributed by atoms with van der Waals surface area (Å²) in [4.78, 5) is 12.5. The van der Waals surface area contributed by atoms with Crippen molar-refractivity contribution in [1.82, 2.24) is 15.0 Å². The predicted octanol–water partition coefficient (Wildman–Crippen LogP) is 4.22. The smallest absolute Gasteiger partial charge is 0.404 e. The molecule has 0 fully saturated rings. The van der Waals surface area contributed by atoms with Gasteiger partial charge in [0, 0.05) is 31.1 Å². The van der Waals surface area contributed by atoms with Crippen LogP contribution >= 0.6 is 0 Å². The fourth-order valence-electron chi connectivity index (χ4n) is 2.22. The minimum atomic E-state index is -4.79. The molecule has 0 radical (unpaired) electrons. The average Bonchev–Trinajstić information content (AvgIpc) is 2.62. The highest BCUT2D eigenvalue weighted by molar-refractivity contribution is 5.69. The number of benzene rings is 1. The van der Waals surface area contributed by atoms with E-state index in [1.165, 1.54) is 18.2 Å². The van der Waals surface area contributed by atoms with E-state index in [2.05, 4.69) is 30.3 Å². The Kier molecular flexibility index (Phi) is 4.87. The Balaban J connectivity index is 1.96. The summed E-state index contributed by atoms with van der Waals surface area (Å²) in [6.45, 7) is 0. The first-order valence-electron chi connectivity index (χ1n) is 7.53. The molecule has 26 heavy (non-hydrogen) atoms. The maximum Gasteiger partial charge on any atom is 0.573 e. The summed E-state index contributed by atoms with van der Waals surface area (Å²) in [5.74, 6) is 0.278. The number of nitrogens with one attached hydrogen (secondary N) is 2. The Morgan fingerprint density at radius 1 is 1.00 bits per heavy atom. The van der Waals surface area contributed by atoms with Crippen LogP contribution in [0.2, 0.25) is 0 Å². The molecular weight excluding hydrogens is 347 g/mol. The molecular formula is C17H14F3N5O. The summed E-state index contributed by atoms with van der Waals surface area (Å²) >= 11 is 0. The number of nitrogens with zero attached hydrogens (tertiary/aromatic N) is 3. The minimum absolute atomic E-state index is 0.131. The number of ether oxygens (including phenoxy) is 1. The normalized spacial score (nSPS) is 11.1. The number of para-hydroxylation sites is 2. The molecule has 0 aliphatic rings. The molecule has 2 heterocycles. The maximum atomic E-state index is 12.6. The van der Waals surface area contributed by atoms with Crippen LogP contribution in [-0.2, 0) is 0 Å². The Morgan fingerprint density at radius 3 is 2.42 bits per heavy atom. The predicted molar refractivity (Wildman–Crippen MR) is 91.2 cm³/mol. The first kappa shape index (κ1) is 17.5. The van der Waals surface area contributed by atoms with Gasteiger partial charge in [0.25, 0.3) is 0 Å². The van der Waals surface area contributed by atoms with Crippen LogP contribution in [0.15, 0.2) is 54.9 Å². The largest absolute Gasteiger partial charge is 0.573 e. The van der Waals surface area contributed by atoms with Gasteiger partial charge >= 0.3 is 6.36 Å². The summed E-state index contributed by atoms with van der Waals surface area (Å²) in [5, 5.41) is 5.68. The highest BCUT2D eigenvalue weighted by Crippen LogP contribution is 2.32. The van der Waals surface area contributed by atoms with Gasteiger partial charge in [-0.05, 0) is 24.3 Å². The van der Waals surface area contributed by atoms with E-state index >= 15 is 0 Å². The highest BCUT2D eigenvalue weighted by Gasteiger charge is 2.32. The second-order valence-electron chi connectivity index (χ2n) is 5.12. The molecule has 134 valence electrons. The summed E-state index contributed by atoms with van der Waals surface area (Å²) in [5.41, 5.74) is 1.51. The Hall–Kier alpha value is -3.36. The number of hydrogen-bond acceptors (Lipinski definition) is 6. The zero-order valence-corrected chi connectivity index (χ0v) is 13.6. The first-order valence-corrected chi connectivity index (χ1v) is 7.53. The molecule has 1 aromatic carbocycles. The zero-order valence-electron chi connectivity index (χ0n) is 13.6. The fourth-order valence-corrected chi connectivity index (χ4v) is 2.22. The summed E-state index contributed by atoms with van der Waals surface area (Å²) in [7, 11) is 1.65. The fraction of sp³-hybridized carbons (Fsp3) is 0.118. The first-order chi connectivity index (χ1) is 12.4. The van der Waals surface area contributed by atoms with Crippen LogP contribution in [0.1, 0.15) is 0 Å². The number of aromatic nitrogens is 3. The lowest BCUT2D eigenvalue weighted by atomic mass is 10.2. The molecule has 0 atom stereocenters. The SMILES string of the molecule is CNc1nc(Nc2ccccc2OC(F)(F)F)cc(-c2ccncc2)n1. The van der Waals surface area contributed by atoms with Crippen molar-refractivity contribution in [3.05, 3.63) is 54.9 Å². The zero-order chi connectivity index (χ0) is 18.6. The summed E-state index contributed by atoms with van der Waals surface area (Å²) in [6.07, 6.45) is -1.55. The molecule has 0 amide bonds. The van der Waals surface area contributed by atoms with E-state index in [4.69, 9.17) is 0 Å². The van der Waals surface area contributed by atoms with Gasteiger partial charge in [0.05, 0.1) is 11.4 Å². The van der Waals surface area contributed by atoms with Crippen LogP contribution in [0.3, 0.4) is 0 Å². The van der Waals surface area contributed by atoms with E-state index in [9.17, 15) is 13.2 Å². The molecule has 2 aromatic heterocycles. The Labute approximate surface area is 147 Å². The van der Waals surface area contributed by atoms with Crippen LogP contribution in [-0.4, -0.2) is 28.4 Å². The highest BCUT2D eigenvalue weighted by atomic mass is 19.4. The van der Waals surface area contributed by atoms with E-state index in [1.54, 1.807) is 43.7 Å². The van der Waals surface area contributed by atoms with Gasteiger partial charge in [-0.25, -0.2) is 4.98 Å². The topological polar surface area (TPSA) is 72.0 Å². The maximum absolute atomic E-state index is 12.6. The number of halogens is 3. The number of pyridine rings is 1. The summed E-state index contributed by atoms with van der Waals surface area (Å²) < 4.78 is 41.8. The molecule has 6 nitrogen and oxygen atoms in total. The molecule has 9 heteroatoms. The van der Waals surface area contributed by atoms with Crippen LogP contribution in [0.5, 0.6) is 5.75 Å². The van der Waals surface area contributed by atoms with E-state index in [-0.39, 0.29) is 11.4 Å². The van der Waals surface area contributed by atoms with Crippen molar-refractivity contribution in [2.75, 3.05) is 17.7 Å². The van der Waals surface area contributed by atoms with Crippen LogP contribution in [0, 0.1) is 0 Å². The summed E-state index contributed by atoms with van der Waals surface area (Å²) in [6, 6.07) is 10.9. The van der Waals surface area contributed by atoms with Gasteiger partial charge in [-0.15, -0.1) is 13.2 Å². The van der Waals surface area contributed by atoms with Crippen LogP contribution < -0.4 is 15.4 Å². The van der Waals surface area contributed by atoms with Crippen molar-refractivity contribution in [3.63, 3.8) is 0 Å². The molecule has 0 bridgehead atoms. The third-order valence-corrected chi connectivity index (χ3v) is 3.30. The van der Waals surface area contributed by atoms with Gasteiger partial charge in [-0.1, -0.05) is 12.1 Å². The van der Waals surface area contributed by atoms with Gasteiger partial charge in [-0.3, -0.25) is 4.98 Å². The van der Waals surface area contributed by atoms with Crippen molar-refractivity contribution in [2.24, 2.45) is 0 Å². The third-order valence-electron chi connectivity index (χ3n) is 3.30. The second kappa shape index (κ2) is 7.26. The van der Waals surface area contributed by atoms with E-state index in [1.807, 2.05) is 0 Å². The van der Waals surface area contributed by atoms with Crippen LogP contribution in [0.4, 0.5) is 30.6 Å². The van der Waals surface area contributed by atoms with Crippen molar-refractivity contribution in [2.45, 2.75) is 6.36 Å². The van der Waals surface area contributed by atoms with Crippen molar-refractivity contribution in [1.29, 1.82) is 0 Å². The quantitative estimate of drug-likeness (QED) is 0.709. The number of hydrogen-bond donors (Lipinski definition) is 2. The second-order valence-corrected chi connectivity index (χ2v) is 5.12. The van der Waals surface area contributed by atoms with Crippen molar-refractivity contribution < 1.29 is 17.9 Å². The Morgan fingerprint density at radius 2 is 1.73 bits per heavy atom.